The van der Waals surface area contributed by atoms with E-state index in [1.807, 2.05) is 30.9 Å². The van der Waals surface area contributed by atoms with Crippen molar-refractivity contribution in [1.29, 1.82) is 0 Å². The summed E-state index contributed by atoms with van der Waals surface area (Å²) in [4.78, 5) is 35.7. The quantitative estimate of drug-likeness (QED) is 0.214. The summed E-state index contributed by atoms with van der Waals surface area (Å²) in [6, 6.07) is 18.2. The monoisotopic (exact) mass is 600 g/mol. The number of carboxylic acids is 2. The lowest BCUT2D eigenvalue weighted by atomic mass is 9.75. The number of benzene rings is 3. The van der Waals surface area contributed by atoms with E-state index in [-0.39, 0.29) is 28.3 Å². The molecule has 0 aliphatic carbocycles. The molecule has 12 heteroatoms. The third kappa shape index (κ3) is 6.79. The first kappa shape index (κ1) is 31.1. The van der Waals surface area contributed by atoms with Crippen LogP contribution in [0.3, 0.4) is 0 Å². The number of hydrogen-bond donors (Lipinski definition) is 3. The minimum Gasteiger partial charge on any atom is -0.478 e. The molecular formula is C31H28F4N2O6. The highest BCUT2D eigenvalue weighted by Gasteiger charge is 2.41. The third-order valence-electron chi connectivity index (χ3n) is 7.16. The summed E-state index contributed by atoms with van der Waals surface area (Å²) in [5.74, 6) is -3.56. The van der Waals surface area contributed by atoms with Crippen molar-refractivity contribution in [2.45, 2.75) is 38.4 Å². The molecule has 1 aliphatic rings. The summed E-state index contributed by atoms with van der Waals surface area (Å²) in [5.41, 5.74) is 3.54. The van der Waals surface area contributed by atoms with E-state index in [1.54, 1.807) is 36.4 Å². The molecule has 2 heterocycles. The fourth-order valence-corrected chi connectivity index (χ4v) is 4.99. The zero-order valence-corrected chi connectivity index (χ0v) is 23.3. The zero-order chi connectivity index (χ0) is 31.7. The van der Waals surface area contributed by atoms with Crippen LogP contribution < -0.4 is 15.6 Å². The van der Waals surface area contributed by atoms with Crippen LogP contribution in [0, 0.1) is 12.7 Å². The van der Waals surface area contributed by atoms with Gasteiger partial charge in [-0.3, -0.25) is 4.79 Å². The van der Waals surface area contributed by atoms with Crippen LogP contribution in [0.2, 0.25) is 0 Å². The van der Waals surface area contributed by atoms with Crippen molar-refractivity contribution in [2.24, 2.45) is 0 Å². The summed E-state index contributed by atoms with van der Waals surface area (Å²) in [6.07, 6.45) is -5.08. The molecule has 1 fully saturated rings. The summed E-state index contributed by atoms with van der Waals surface area (Å²) in [5, 5.41) is 20.4. The predicted molar refractivity (Wildman–Crippen MR) is 152 cm³/mol. The Morgan fingerprint density at radius 3 is 2.21 bits per heavy atom. The maximum absolute atomic E-state index is 13.4. The Morgan fingerprint density at radius 1 is 1.02 bits per heavy atom. The largest absolute Gasteiger partial charge is 0.490 e. The average Bonchev–Trinajstić information content (AvgIpc) is 2.91. The molecule has 1 aliphatic heterocycles. The lowest BCUT2D eigenvalue weighted by molar-refractivity contribution is -0.192. The van der Waals surface area contributed by atoms with E-state index in [9.17, 15) is 32.3 Å². The first-order valence-electron chi connectivity index (χ1n) is 13.1. The summed E-state index contributed by atoms with van der Waals surface area (Å²) in [6.45, 7) is 7.20. The number of fused-ring (bicyclic) bond motifs is 1. The van der Waals surface area contributed by atoms with E-state index in [0.717, 1.165) is 16.7 Å². The van der Waals surface area contributed by atoms with Gasteiger partial charge in [0.25, 0.3) is 0 Å². The van der Waals surface area contributed by atoms with Crippen molar-refractivity contribution in [3.05, 3.63) is 105 Å². The Kier molecular flexibility index (Phi) is 8.52. The minimum atomic E-state index is -5.08. The molecule has 1 aromatic heterocycles. The molecule has 8 nitrogen and oxygen atoms in total. The van der Waals surface area contributed by atoms with Gasteiger partial charge in [-0.2, -0.15) is 13.2 Å². The van der Waals surface area contributed by atoms with Gasteiger partial charge in [0.1, 0.15) is 11.4 Å². The predicted octanol–water partition coefficient (Wildman–Crippen LogP) is 6.52. The number of carbonyl (C=O) groups is 2. The molecular weight excluding hydrogens is 572 g/mol. The number of rotatable bonds is 6. The molecule has 4 aromatic rings. The number of halogens is 4. The number of aliphatic carboxylic acids is 1. The smallest absolute Gasteiger partial charge is 0.478 e. The van der Waals surface area contributed by atoms with Crippen molar-refractivity contribution in [3.8, 4) is 0 Å². The topological polar surface area (TPSA) is 120 Å². The van der Waals surface area contributed by atoms with Gasteiger partial charge in [-0.15, -0.1) is 0 Å². The zero-order valence-electron chi connectivity index (χ0n) is 23.3. The van der Waals surface area contributed by atoms with Crippen LogP contribution in [0.25, 0.3) is 11.0 Å². The maximum Gasteiger partial charge on any atom is 0.490 e. The number of carboxylic acid groups (broad SMARTS) is 2. The Morgan fingerprint density at radius 2 is 1.63 bits per heavy atom. The van der Waals surface area contributed by atoms with Crippen molar-refractivity contribution >= 4 is 34.5 Å². The lowest BCUT2D eigenvalue weighted by Gasteiger charge is -2.48. The number of aryl methyl sites for hydroxylation is 1. The minimum absolute atomic E-state index is 0.135. The van der Waals surface area contributed by atoms with E-state index in [0.29, 0.717) is 35.6 Å². The molecule has 1 unspecified atom stereocenters. The molecule has 0 amide bonds. The number of anilines is 2. The van der Waals surface area contributed by atoms with Crippen LogP contribution in [-0.2, 0) is 10.2 Å². The normalized spacial score (nSPS) is 14.7. The van der Waals surface area contributed by atoms with E-state index >= 15 is 0 Å². The summed E-state index contributed by atoms with van der Waals surface area (Å²) >= 11 is 0. The molecule has 1 atom stereocenters. The van der Waals surface area contributed by atoms with Crippen molar-refractivity contribution in [3.63, 3.8) is 0 Å². The molecule has 0 bridgehead atoms. The van der Waals surface area contributed by atoms with E-state index in [4.69, 9.17) is 14.3 Å². The SMILES string of the molecule is Cc1cc(C(C)Nc2ccccc2C(=O)O)c2oc(N3CC(C)(c4ccc(F)cc4)C3)cc(=O)c2c1.O=C(O)C(F)(F)F. The van der Waals surface area contributed by atoms with Crippen LogP contribution in [0.1, 0.15) is 46.9 Å². The van der Waals surface area contributed by atoms with E-state index < -0.39 is 18.1 Å². The number of nitrogens with zero attached hydrogens (tertiary/aromatic N) is 1. The Labute approximate surface area is 243 Å². The third-order valence-corrected chi connectivity index (χ3v) is 7.16. The fourth-order valence-electron chi connectivity index (χ4n) is 4.99. The van der Waals surface area contributed by atoms with E-state index in [2.05, 4.69) is 12.2 Å². The molecule has 0 radical (unpaired) electrons. The van der Waals surface area contributed by atoms with Crippen LogP contribution in [0.15, 0.2) is 75.9 Å². The molecule has 0 saturated carbocycles. The van der Waals surface area contributed by atoms with Gasteiger partial charge in [0.2, 0.25) is 0 Å². The molecule has 3 aromatic carbocycles. The van der Waals surface area contributed by atoms with Gasteiger partial charge in [-0.05, 0) is 55.3 Å². The van der Waals surface area contributed by atoms with Crippen molar-refractivity contribution < 1.29 is 41.8 Å². The Bertz CT molecular complexity index is 1730. The number of nitrogens with one attached hydrogen (secondary N) is 1. The second-order valence-corrected chi connectivity index (χ2v) is 10.6. The van der Waals surface area contributed by atoms with Gasteiger partial charge in [0.05, 0.1) is 17.0 Å². The van der Waals surface area contributed by atoms with Crippen LogP contribution >= 0.6 is 0 Å². The Hall–Kier alpha value is -4.87. The van der Waals surface area contributed by atoms with Crippen molar-refractivity contribution in [1.82, 2.24) is 0 Å². The van der Waals surface area contributed by atoms with Crippen LogP contribution in [0.5, 0.6) is 0 Å². The number of alkyl halides is 3. The molecule has 5 rings (SSSR count). The van der Waals surface area contributed by atoms with Gasteiger partial charge in [0.15, 0.2) is 11.3 Å². The van der Waals surface area contributed by atoms with Gasteiger partial charge in [0, 0.05) is 35.8 Å². The molecule has 226 valence electrons. The summed E-state index contributed by atoms with van der Waals surface area (Å²) < 4.78 is 51.4. The molecule has 0 spiro atoms. The highest BCUT2D eigenvalue weighted by Crippen LogP contribution is 2.38. The lowest BCUT2D eigenvalue weighted by Crippen LogP contribution is -2.58. The number of hydrogen-bond acceptors (Lipinski definition) is 6. The number of aromatic carboxylic acids is 1. The number of para-hydroxylation sites is 1. The van der Waals surface area contributed by atoms with Gasteiger partial charge in [-0.25, -0.2) is 14.0 Å². The average molecular weight is 601 g/mol. The van der Waals surface area contributed by atoms with Crippen molar-refractivity contribution in [2.75, 3.05) is 23.3 Å². The first-order valence-corrected chi connectivity index (χ1v) is 13.1. The van der Waals surface area contributed by atoms with Crippen LogP contribution in [-0.4, -0.2) is 41.4 Å². The highest BCUT2D eigenvalue weighted by atomic mass is 19.4. The fraction of sp³-hybridized carbons (Fsp3) is 0.258. The first-order chi connectivity index (χ1) is 20.1. The maximum atomic E-state index is 13.4. The second kappa shape index (κ2) is 11.8. The Balaban J connectivity index is 0.000000541. The van der Waals surface area contributed by atoms with E-state index in [1.165, 1.54) is 18.2 Å². The molecule has 3 N–H and O–H groups in total. The van der Waals surface area contributed by atoms with Gasteiger partial charge >= 0.3 is 18.1 Å². The second-order valence-electron chi connectivity index (χ2n) is 10.6. The van der Waals surface area contributed by atoms with Gasteiger partial charge in [-0.1, -0.05) is 37.3 Å². The molecule has 43 heavy (non-hydrogen) atoms. The van der Waals surface area contributed by atoms with Gasteiger partial charge < -0.3 is 24.8 Å². The highest BCUT2D eigenvalue weighted by molar-refractivity contribution is 5.94. The standard InChI is InChI=1S/C29H27FN2O4.C2HF3O2/c1-17-12-22(18(2)31-24-7-5-4-6-21(24)28(34)35)27-23(13-17)25(33)14-26(36-27)32-15-29(3,16-32)19-8-10-20(30)11-9-19;3-2(4,5)1(6)7/h4-14,18,31H,15-16H2,1-3H3,(H,34,35);(H,6,7). The molecule has 1 saturated heterocycles. The summed E-state index contributed by atoms with van der Waals surface area (Å²) in [7, 11) is 0. The van der Waals surface area contributed by atoms with Crippen LogP contribution in [0.4, 0.5) is 29.1 Å².